The first-order valence-electron chi connectivity index (χ1n) is 8.48. The molecular weight excluding hydrogens is 370 g/mol. The molecule has 1 aromatic heterocycles. The number of rotatable bonds is 3. The largest absolute Gasteiger partial charge is 0.338 e. The molecule has 0 atom stereocenters. The predicted molar refractivity (Wildman–Crippen MR) is 110 cm³/mol. The van der Waals surface area contributed by atoms with Crippen LogP contribution >= 0.6 is 23.2 Å². The Morgan fingerprint density at radius 2 is 1.81 bits per heavy atom. The number of allylic oxidation sites excluding steroid dienone is 3. The minimum Gasteiger partial charge on any atom is -0.338 e. The molecule has 2 aromatic rings. The lowest BCUT2D eigenvalue weighted by atomic mass is 9.96. The predicted octanol–water partition coefficient (Wildman–Crippen LogP) is 6.99. The Kier molecular flexibility index (Phi) is 7.01. The first-order valence-corrected chi connectivity index (χ1v) is 9.23. The Bertz CT molecular complexity index is 858. The van der Waals surface area contributed by atoms with E-state index in [1.54, 1.807) is 11.0 Å². The minimum absolute atomic E-state index is 0.292. The Morgan fingerprint density at radius 1 is 1.15 bits per heavy atom. The molecule has 0 saturated heterocycles. The second-order valence-electron chi connectivity index (χ2n) is 5.30. The van der Waals surface area contributed by atoms with Crippen molar-refractivity contribution in [2.45, 2.75) is 20.8 Å². The number of halogens is 3. The molecule has 0 N–H and O–H groups in total. The van der Waals surface area contributed by atoms with Gasteiger partial charge in [0.25, 0.3) is 0 Å². The van der Waals surface area contributed by atoms with Gasteiger partial charge in [-0.2, -0.15) is 0 Å². The first kappa shape index (κ1) is 20.2. The van der Waals surface area contributed by atoms with E-state index in [1.807, 2.05) is 51.1 Å². The Balaban J connectivity index is 0.00000117. The van der Waals surface area contributed by atoms with Crippen LogP contribution < -0.4 is 0 Å². The summed E-state index contributed by atoms with van der Waals surface area (Å²) in [5.74, 6) is -0.371. The molecule has 0 saturated carbocycles. The highest BCUT2D eigenvalue weighted by Gasteiger charge is 2.27. The van der Waals surface area contributed by atoms with Gasteiger partial charge in [0.15, 0.2) is 0 Å². The molecule has 1 aromatic carbocycles. The lowest BCUT2D eigenvalue weighted by Gasteiger charge is -2.32. The van der Waals surface area contributed by atoms with E-state index in [0.29, 0.717) is 33.6 Å². The smallest absolute Gasteiger partial charge is 0.146 e. The molecule has 1 aliphatic rings. The third-order valence-corrected chi connectivity index (χ3v) is 4.33. The Morgan fingerprint density at radius 3 is 2.38 bits per heavy atom. The number of hydrogen-bond donors (Lipinski definition) is 0. The molecule has 2 heterocycles. The zero-order valence-electron chi connectivity index (χ0n) is 15.1. The molecule has 5 heteroatoms. The SMILES string of the molecule is C=C1C(F)=CC(c2ccccc2)=C(c2ncc(Cl)cc2Cl)N1CC.CC. The second kappa shape index (κ2) is 9.02. The van der Waals surface area contributed by atoms with Gasteiger partial charge >= 0.3 is 0 Å². The minimum atomic E-state index is -0.371. The van der Waals surface area contributed by atoms with Crippen molar-refractivity contribution in [2.24, 2.45) is 0 Å². The molecule has 0 radical (unpaired) electrons. The lowest BCUT2D eigenvalue weighted by molar-refractivity contribution is 0.477. The summed E-state index contributed by atoms with van der Waals surface area (Å²) in [6.45, 7) is 10.3. The second-order valence-corrected chi connectivity index (χ2v) is 6.14. The van der Waals surface area contributed by atoms with Gasteiger partial charge in [0, 0.05) is 18.3 Å². The van der Waals surface area contributed by atoms with Gasteiger partial charge in [0.05, 0.1) is 21.4 Å². The van der Waals surface area contributed by atoms with Gasteiger partial charge in [-0.1, -0.05) is 74.0 Å². The van der Waals surface area contributed by atoms with Gasteiger partial charge in [0.2, 0.25) is 0 Å². The number of likely N-dealkylation sites (N-methyl/N-ethyl adjacent to an activating group) is 1. The number of aromatic nitrogens is 1. The Labute approximate surface area is 164 Å². The molecule has 26 heavy (non-hydrogen) atoms. The topological polar surface area (TPSA) is 16.1 Å². The molecule has 0 fully saturated rings. The van der Waals surface area contributed by atoms with Gasteiger partial charge in [0.1, 0.15) is 11.5 Å². The normalized spacial score (nSPS) is 14.0. The fourth-order valence-electron chi connectivity index (χ4n) is 2.72. The summed E-state index contributed by atoms with van der Waals surface area (Å²) in [6.07, 6.45) is 3.01. The van der Waals surface area contributed by atoms with Crippen LogP contribution in [-0.4, -0.2) is 16.4 Å². The van der Waals surface area contributed by atoms with Crippen LogP contribution in [0.3, 0.4) is 0 Å². The molecule has 0 spiro atoms. The molecule has 0 amide bonds. The lowest BCUT2D eigenvalue weighted by Crippen LogP contribution is -2.25. The summed E-state index contributed by atoms with van der Waals surface area (Å²) in [5, 5.41) is 0.859. The monoisotopic (exact) mass is 390 g/mol. The van der Waals surface area contributed by atoms with E-state index in [9.17, 15) is 4.39 Å². The molecule has 0 bridgehead atoms. The van der Waals surface area contributed by atoms with Gasteiger partial charge < -0.3 is 4.90 Å². The molecule has 1 aliphatic heterocycles. The van der Waals surface area contributed by atoms with Crippen LogP contribution in [0.1, 0.15) is 32.0 Å². The molecule has 136 valence electrons. The van der Waals surface area contributed by atoms with Crippen LogP contribution in [-0.2, 0) is 0 Å². The highest BCUT2D eigenvalue weighted by atomic mass is 35.5. The zero-order valence-corrected chi connectivity index (χ0v) is 16.6. The van der Waals surface area contributed by atoms with Crippen LogP contribution in [0, 0.1) is 0 Å². The third-order valence-electron chi connectivity index (χ3n) is 3.83. The third kappa shape index (κ3) is 4.00. The van der Waals surface area contributed by atoms with E-state index in [-0.39, 0.29) is 5.83 Å². The maximum atomic E-state index is 14.4. The van der Waals surface area contributed by atoms with Gasteiger partial charge in [-0.25, -0.2) is 4.39 Å². The molecular formula is C21H21Cl2FN2. The van der Waals surface area contributed by atoms with Crippen molar-refractivity contribution in [3.05, 3.63) is 88.1 Å². The van der Waals surface area contributed by atoms with Crippen LogP contribution in [0.5, 0.6) is 0 Å². The number of hydrogen-bond acceptors (Lipinski definition) is 2. The molecule has 3 rings (SSSR count). The van der Waals surface area contributed by atoms with Crippen molar-refractivity contribution in [2.75, 3.05) is 6.54 Å². The van der Waals surface area contributed by atoms with Crippen molar-refractivity contribution >= 4 is 34.5 Å². The number of nitrogens with zero attached hydrogens (tertiary/aromatic N) is 2. The van der Waals surface area contributed by atoms with Crippen molar-refractivity contribution in [3.63, 3.8) is 0 Å². The first-order chi connectivity index (χ1) is 12.5. The van der Waals surface area contributed by atoms with E-state index >= 15 is 0 Å². The number of pyridine rings is 1. The zero-order chi connectivity index (χ0) is 19.3. The van der Waals surface area contributed by atoms with Crippen LogP contribution in [0.4, 0.5) is 4.39 Å². The van der Waals surface area contributed by atoms with Gasteiger partial charge in [-0.15, -0.1) is 0 Å². The highest BCUT2D eigenvalue weighted by Crippen LogP contribution is 2.41. The number of benzene rings is 1. The molecule has 0 unspecified atom stereocenters. The van der Waals surface area contributed by atoms with Crippen LogP contribution in [0.15, 0.2) is 66.8 Å². The van der Waals surface area contributed by atoms with Crippen molar-refractivity contribution in [1.82, 2.24) is 9.88 Å². The summed E-state index contributed by atoms with van der Waals surface area (Å²) in [5.41, 5.74) is 3.14. The fraction of sp³-hybridized carbons (Fsp3) is 0.190. The summed E-state index contributed by atoms with van der Waals surface area (Å²) in [6, 6.07) is 11.2. The van der Waals surface area contributed by atoms with Gasteiger partial charge in [-0.3, -0.25) is 4.98 Å². The maximum Gasteiger partial charge on any atom is 0.146 e. The standard InChI is InChI=1S/C19H15Cl2FN2.C2H6/c1-3-24-12(2)17(22)10-15(13-7-5-4-6-8-13)19(24)18-16(21)9-14(20)11-23-18;1-2/h4-11H,2-3H2,1H3;1-2H3. The molecule has 0 aliphatic carbocycles. The fourth-order valence-corrected chi connectivity index (χ4v) is 3.19. The van der Waals surface area contributed by atoms with E-state index in [2.05, 4.69) is 11.6 Å². The maximum absolute atomic E-state index is 14.4. The average molecular weight is 391 g/mol. The Hall–Kier alpha value is -2.10. The van der Waals surface area contributed by atoms with Crippen molar-refractivity contribution in [3.8, 4) is 0 Å². The van der Waals surface area contributed by atoms with Crippen molar-refractivity contribution in [1.29, 1.82) is 0 Å². The van der Waals surface area contributed by atoms with E-state index in [0.717, 1.165) is 11.3 Å². The summed E-state index contributed by atoms with van der Waals surface area (Å²) >= 11 is 12.3. The van der Waals surface area contributed by atoms with E-state index in [4.69, 9.17) is 23.2 Å². The van der Waals surface area contributed by atoms with Crippen LogP contribution in [0.2, 0.25) is 10.0 Å². The van der Waals surface area contributed by atoms with E-state index < -0.39 is 0 Å². The van der Waals surface area contributed by atoms with Gasteiger partial charge in [-0.05, 0) is 24.6 Å². The summed E-state index contributed by atoms with van der Waals surface area (Å²) in [7, 11) is 0. The van der Waals surface area contributed by atoms with E-state index in [1.165, 1.54) is 12.3 Å². The molecule has 2 nitrogen and oxygen atoms in total. The van der Waals surface area contributed by atoms with Crippen molar-refractivity contribution < 1.29 is 4.39 Å². The summed E-state index contributed by atoms with van der Waals surface area (Å²) < 4.78 is 14.4. The highest BCUT2D eigenvalue weighted by molar-refractivity contribution is 6.35. The van der Waals surface area contributed by atoms with Crippen LogP contribution in [0.25, 0.3) is 11.3 Å². The quantitative estimate of drug-likeness (QED) is 0.561. The average Bonchev–Trinajstić information content (AvgIpc) is 2.66. The summed E-state index contributed by atoms with van der Waals surface area (Å²) in [4.78, 5) is 6.16.